The van der Waals surface area contributed by atoms with Crippen molar-refractivity contribution in [2.75, 3.05) is 53.7 Å². The zero-order valence-corrected chi connectivity index (χ0v) is 17.1. The molecule has 0 saturated carbocycles. The van der Waals surface area contributed by atoms with Crippen LogP contribution in [0.5, 0.6) is 17.2 Å². The third kappa shape index (κ3) is 9.15. The molecule has 0 aromatic heterocycles. The van der Waals surface area contributed by atoms with Gasteiger partial charge in [-0.1, -0.05) is 18.2 Å². The van der Waals surface area contributed by atoms with Crippen molar-refractivity contribution in [3.05, 3.63) is 54.1 Å². The molecular weight excluding hydrogens is 374 g/mol. The summed E-state index contributed by atoms with van der Waals surface area (Å²) in [5.74, 6) is 2.17. The standard InChI is InChI=1S/C22H31NO6/c1-23(16-19(25)17-29-22-5-3-4-21(14-22)26-2)15-18-6-8-20(9-7-18)28-13-12-27-11-10-24/h3-9,14,19,24-25H,10-13,15-17H2,1-2H3/t19-/m1/s1. The Labute approximate surface area is 172 Å². The number of aliphatic hydroxyl groups is 2. The normalized spacial score (nSPS) is 12.0. The van der Waals surface area contributed by atoms with Crippen LogP contribution in [0.25, 0.3) is 0 Å². The van der Waals surface area contributed by atoms with E-state index < -0.39 is 6.10 Å². The van der Waals surface area contributed by atoms with Gasteiger partial charge in [-0.25, -0.2) is 0 Å². The molecule has 2 N–H and O–H groups in total. The van der Waals surface area contributed by atoms with E-state index in [-0.39, 0.29) is 13.2 Å². The summed E-state index contributed by atoms with van der Waals surface area (Å²) in [6.45, 7) is 2.64. The van der Waals surface area contributed by atoms with E-state index in [4.69, 9.17) is 24.1 Å². The third-order valence-electron chi connectivity index (χ3n) is 4.11. The Kier molecular flexibility index (Phi) is 10.3. The molecular formula is C22H31NO6. The molecule has 0 spiro atoms. The summed E-state index contributed by atoms with van der Waals surface area (Å²) in [6.07, 6.45) is -0.604. The molecule has 0 aliphatic heterocycles. The number of aliphatic hydroxyl groups excluding tert-OH is 2. The van der Waals surface area contributed by atoms with Crippen molar-refractivity contribution in [1.82, 2.24) is 4.90 Å². The summed E-state index contributed by atoms with van der Waals surface area (Å²) in [7, 11) is 3.56. The molecule has 1 atom stereocenters. The van der Waals surface area contributed by atoms with Crippen molar-refractivity contribution in [2.24, 2.45) is 0 Å². The van der Waals surface area contributed by atoms with Crippen LogP contribution in [0.2, 0.25) is 0 Å². The second-order valence-electron chi connectivity index (χ2n) is 6.67. The molecule has 29 heavy (non-hydrogen) atoms. The molecule has 0 aliphatic carbocycles. The maximum atomic E-state index is 10.2. The molecule has 0 fully saturated rings. The lowest BCUT2D eigenvalue weighted by molar-refractivity contribution is 0.0704. The smallest absolute Gasteiger partial charge is 0.123 e. The first kappa shape index (κ1) is 23.0. The van der Waals surface area contributed by atoms with Gasteiger partial charge in [-0.3, -0.25) is 4.90 Å². The molecule has 7 heteroatoms. The zero-order chi connectivity index (χ0) is 20.9. The van der Waals surface area contributed by atoms with E-state index in [1.54, 1.807) is 13.2 Å². The molecule has 0 heterocycles. The minimum absolute atomic E-state index is 0.0179. The molecule has 2 rings (SSSR count). The fraction of sp³-hybridized carbons (Fsp3) is 0.455. The SMILES string of the molecule is COc1cccc(OC[C@H](O)CN(C)Cc2ccc(OCCOCCO)cc2)c1. The molecule has 160 valence electrons. The van der Waals surface area contributed by atoms with Gasteiger partial charge >= 0.3 is 0 Å². The summed E-state index contributed by atoms with van der Waals surface area (Å²) < 4.78 is 21.5. The van der Waals surface area contributed by atoms with E-state index in [1.165, 1.54) is 0 Å². The first-order valence-electron chi connectivity index (χ1n) is 9.64. The second-order valence-corrected chi connectivity index (χ2v) is 6.67. The van der Waals surface area contributed by atoms with Gasteiger partial charge in [0, 0.05) is 19.2 Å². The summed E-state index contributed by atoms with van der Waals surface area (Å²) in [5, 5.41) is 18.9. The Balaban J connectivity index is 1.68. The first-order valence-corrected chi connectivity index (χ1v) is 9.64. The van der Waals surface area contributed by atoms with Crippen LogP contribution in [0, 0.1) is 0 Å². The molecule has 7 nitrogen and oxygen atoms in total. The molecule has 0 saturated heterocycles. The van der Waals surface area contributed by atoms with Gasteiger partial charge < -0.3 is 29.2 Å². The first-order chi connectivity index (χ1) is 14.1. The van der Waals surface area contributed by atoms with Gasteiger partial charge in [0.2, 0.25) is 0 Å². The Bertz CT molecular complexity index is 694. The number of benzene rings is 2. The highest BCUT2D eigenvalue weighted by atomic mass is 16.5. The van der Waals surface area contributed by atoms with E-state index in [0.717, 1.165) is 17.1 Å². The average molecular weight is 405 g/mol. The second kappa shape index (κ2) is 13.0. The monoisotopic (exact) mass is 405 g/mol. The number of nitrogens with zero attached hydrogens (tertiary/aromatic N) is 1. The van der Waals surface area contributed by atoms with Crippen molar-refractivity contribution >= 4 is 0 Å². The fourth-order valence-electron chi connectivity index (χ4n) is 2.75. The lowest BCUT2D eigenvalue weighted by atomic mass is 10.2. The number of methoxy groups -OCH3 is 1. The van der Waals surface area contributed by atoms with Crippen molar-refractivity contribution in [3.63, 3.8) is 0 Å². The predicted molar refractivity (Wildman–Crippen MR) is 111 cm³/mol. The summed E-state index contributed by atoms with van der Waals surface area (Å²) >= 11 is 0. The Morgan fingerprint density at radius 2 is 1.69 bits per heavy atom. The summed E-state index contributed by atoms with van der Waals surface area (Å²) in [6, 6.07) is 15.1. The van der Waals surface area contributed by atoms with Crippen LogP contribution in [0.3, 0.4) is 0 Å². The topological polar surface area (TPSA) is 80.6 Å². The van der Waals surface area contributed by atoms with Gasteiger partial charge in [-0.15, -0.1) is 0 Å². The van der Waals surface area contributed by atoms with E-state index in [2.05, 4.69) is 0 Å². The van der Waals surface area contributed by atoms with E-state index in [0.29, 0.717) is 38.7 Å². The minimum atomic E-state index is -0.604. The lowest BCUT2D eigenvalue weighted by Crippen LogP contribution is -2.32. The van der Waals surface area contributed by atoms with Gasteiger partial charge in [-0.05, 0) is 36.9 Å². The van der Waals surface area contributed by atoms with Crippen LogP contribution in [-0.2, 0) is 11.3 Å². The zero-order valence-electron chi connectivity index (χ0n) is 17.1. The summed E-state index contributed by atoms with van der Waals surface area (Å²) in [5.41, 5.74) is 1.12. The Morgan fingerprint density at radius 3 is 2.41 bits per heavy atom. The van der Waals surface area contributed by atoms with E-state index in [1.807, 2.05) is 54.4 Å². The van der Waals surface area contributed by atoms with Crippen molar-refractivity contribution in [2.45, 2.75) is 12.6 Å². The highest BCUT2D eigenvalue weighted by Gasteiger charge is 2.10. The third-order valence-corrected chi connectivity index (χ3v) is 4.11. The van der Waals surface area contributed by atoms with Crippen molar-refractivity contribution in [1.29, 1.82) is 0 Å². The number of rotatable bonds is 14. The van der Waals surface area contributed by atoms with Gasteiger partial charge in [0.1, 0.15) is 36.6 Å². The predicted octanol–water partition coefficient (Wildman–Crippen LogP) is 1.95. The minimum Gasteiger partial charge on any atom is -0.497 e. The molecule has 0 unspecified atom stereocenters. The Hall–Kier alpha value is -2.32. The summed E-state index contributed by atoms with van der Waals surface area (Å²) in [4.78, 5) is 2.04. The molecule has 0 amide bonds. The van der Waals surface area contributed by atoms with Crippen LogP contribution in [0.1, 0.15) is 5.56 Å². The van der Waals surface area contributed by atoms with E-state index in [9.17, 15) is 5.11 Å². The van der Waals surface area contributed by atoms with E-state index >= 15 is 0 Å². The van der Waals surface area contributed by atoms with Crippen LogP contribution in [-0.4, -0.2) is 75.0 Å². The van der Waals surface area contributed by atoms with Crippen LogP contribution < -0.4 is 14.2 Å². The number of hydrogen-bond donors (Lipinski definition) is 2. The maximum Gasteiger partial charge on any atom is 0.123 e. The lowest BCUT2D eigenvalue weighted by Gasteiger charge is -2.21. The van der Waals surface area contributed by atoms with Gasteiger partial charge in [0.15, 0.2) is 0 Å². The van der Waals surface area contributed by atoms with Crippen LogP contribution >= 0.6 is 0 Å². The number of ether oxygens (including phenoxy) is 4. The molecule has 2 aromatic rings. The van der Waals surface area contributed by atoms with Gasteiger partial charge in [0.25, 0.3) is 0 Å². The molecule has 2 aromatic carbocycles. The molecule has 0 bridgehead atoms. The molecule has 0 radical (unpaired) electrons. The van der Waals surface area contributed by atoms with Crippen LogP contribution in [0.15, 0.2) is 48.5 Å². The van der Waals surface area contributed by atoms with Crippen LogP contribution in [0.4, 0.5) is 0 Å². The number of likely N-dealkylation sites (N-methyl/N-ethyl adjacent to an activating group) is 1. The number of hydrogen-bond acceptors (Lipinski definition) is 7. The Morgan fingerprint density at radius 1 is 0.931 bits per heavy atom. The fourth-order valence-corrected chi connectivity index (χ4v) is 2.75. The largest absolute Gasteiger partial charge is 0.497 e. The highest BCUT2D eigenvalue weighted by Crippen LogP contribution is 2.19. The molecule has 0 aliphatic rings. The maximum absolute atomic E-state index is 10.2. The van der Waals surface area contributed by atoms with Gasteiger partial charge in [-0.2, -0.15) is 0 Å². The highest BCUT2D eigenvalue weighted by molar-refractivity contribution is 5.32. The quantitative estimate of drug-likeness (QED) is 0.465. The van der Waals surface area contributed by atoms with Crippen molar-refractivity contribution < 1.29 is 29.2 Å². The van der Waals surface area contributed by atoms with Gasteiger partial charge in [0.05, 0.1) is 26.9 Å². The average Bonchev–Trinajstić information content (AvgIpc) is 2.73. The van der Waals surface area contributed by atoms with Crippen molar-refractivity contribution in [3.8, 4) is 17.2 Å².